The molecular weight excluding hydrogens is 390 g/mol. The number of nitrogens with one attached hydrogen (secondary N) is 1. The first-order chi connectivity index (χ1) is 14.3. The van der Waals surface area contributed by atoms with Crippen molar-refractivity contribution in [3.05, 3.63) is 82.2 Å². The number of hydrogen-bond acceptors (Lipinski definition) is 3. The molecule has 4 nitrogen and oxygen atoms in total. The predicted molar refractivity (Wildman–Crippen MR) is 127 cm³/mol. The summed E-state index contributed by atoms with van der Waals surface area (Å²) in [5.74, 6) is 0.653. The van der Waals surface area contributed by atoms with Gasteiger partial charge in [0.15, 0.2) is 0 Å². The Bertz CT molecular complexity index is 1060. The number of aromatic nitrogens is 1. The van der Waals surface area contributed by atoms with Crippen LogP contribution < -0.4 is 5.43 Å². The van der Waals surface area contributed by atoms with Crippen LogP contribution in [-0.4, -0.2) is 22.4 Å². The molecule has 1 aromatic heterocycles. The van der Waals surface area contributed by atoms with Gasteiger partial charge in [-0.05, 0) is 64.4 Å². The van der Waals surface area contributed by atoms with Crippen LogP contribution in [0.4, 0.5) is 0 Å². The van der Waals surface area contributed by atoms with Gasteiger partial charge in [-0.3, -0.25) is 4.79 Å². The topological polar surface area (TPSA) is 46.4 Å². The molecule has 0 unspecified atom stereocenters. The van der Waals surface area contributed by atoms with Crippen molar-refractivity contribution in [3.63, 3.8) is 0 Å². The third-order valence-electron chi connectivity index (χ3n) is 5.08. The molecule has 0 atom stereocenters. The number of aryl methyl sites for hydroxylation is 4. The highest BCUT2D eigenvalue weighted by atomic mass is 32.2. The average Bonchev–Trinajstić information content (AvgIpc) is 2.97. The fourth-order valence-corrected chi connectivity index (χ4v) is 4.32. The van der Waals surface area contributed by atoms with E-state index in [2.05, 4.69) is 98.2 Å². The van der Waals surface area contributed by atoms with Gasteiger partial charge in [-0.1, -0.05) is 35.4 Å². The minimum atomic E-state index is -0.0750. The molecule has 156 valence electrons. The highest BCUT2D eigenvalue weighted by molar-refractivity contribution is 7.99. The monoisotopic (exact) mass is 419 g/mol. The molecule has 0 aliphatic rings. The SMILES string of the molecule is Cc1ccc(SCCC(=O)N/N=C\c2cc(C)n(-c3ccc(C)cc3C)c2C)cc1. The van der Waals surface area contributed by atoms with E-state index in [9.17, 15) is 4.79 Å². The highest BCUT2D eigenvalue weighted by Crippen LogP contribution is 2.23. The molecule has 2 aromatic carbocycles. The lowest BCUT2D eigenvalue weighted by Crippen LogP contribution is -2.17. The summed E-state index contributed by atoms with van der Waals surface area (Å²) in [4.78, 5) is 13.3. The smallest absolute Gasteiger partial charge is 0.240 e. The minimum absolute atomic E-state index is 0.0750. The first-order valence-electron chi connectivity index (χ1n) is 10.1. The first-order valence-corrected chi connectivity index (χ1v) is 11.1. The van der Waals surface area contributed by atoms with E-state index >= 15 is 0 Å². The molecule has 0 saturated carbocycles. The number of rotatable bonds is 7. The molecule has 1 amide bonds. The van der Waals surface area contributed by atoms with Gasteiger partial charge in [0.1, 0.15) is 0 Å². The Morgan fingerprint density at radius 1 is 1.00 bits per heavy atom. The van der Waals surface area contributed by atoms with Gasteiger partial charge in [0, 0.05) is 39.7 Å². The summed E-state index contributed by atoms with van der Waals surface area (Å²) < 4.78 is 2.23. The summed E-state index contributed by atoms with van der Waals surface area (Å²) in [6, 6.07) is 16.9. The first kappa shape index (κ1) is 21.9. The zero-order valence-electron chi connectivity index (χ0n) is 18.3. The normalized spacial score (nSPS) is 11.2. The Kier molecular flexibility index (Phi) is 7.16. The Hall–Kier alpha value is -2.79. The maximum atomic E-state index is 12.1. The standard InChI is InChI=1S/C25H29N3OS/c1-17-6-9-23(10-7-17)30-13-12-25(29)27-26-16-22-15-20(4)28(21(22)5)24-11-8-18(2)14-19(24)3/h6-11,14-16H,12-13H2,1-5H3,(H,27,29)/b26-16-. The lowest BCUT2D eigenvalue weighted by Gasteiger charge is -2.13. The number of carbonyl (C=O) groups is 1. The van der Waals surface area contributed by atoms with Gasteiger partial charge < -0.3 is 4.57 Å². The lowest BCUT2D eigenvalue weighted by atomic mass is 10.1. The van der Waals surface area contributed by atoms with E-state index in [1.807, 2.05) is 0 Å². The van der Waals surface area contributed by atoms with Gasteiger partial charge in [-0.25, -0.2) is 5.43 Å². The zero-order valence-corrected chi connectivity index (χ0v) is 19.1. The van der Waals surface area contributed by atoms with Gasteiger partial charge in [0.2, 0.25) is 5.91 Å². The van der Waals surface area contributed by atoms with E-state index < -0.39 is 0 Å². The van der Waals surface area contributed by atoms with Crippen LogP contribution in [0.5, 0.6) is 0 Å². The van der Waals surface area contributed by atoms with Gasteiger partial charge >= 0.3 is 0 Å². The van der Waals surface area contributed by atoms with Crippen molar-refractivity contribution >= 4 is 23.9 Å². The van der Waals surface area contributed by atoms with Crippen molar-refractivity contribution < 1.29 is 4.79 Å². The van der Waals surface area contributed by atoms with Crippen LogP contribution in [0.15, 0.2) is 58.5 Å². The van der Waals surface area contributed by atoms with Crippen molar-refractivity contribution in [2.45, 2.75) is 45.9 Å². The molecule has 0 fully saturated rings. The summed E-state index contributed by atoms with van der Waals surface area (Å²) in [6.07, 6.45) is 2.16. The molecule has 0 bridgehead atoms. The molecule has 3 aromatic rings. The van der Waals surface area contributed by atoms with Crippen LogP contribution in [-0.2, 0) is 4.79 Å². The second-order valence-corrected chi connectivity index (χ2v) is 8.82. The largest absolute Gasteiger partial charge is 0.318 e. The van der Waals surface area contributed by atoms with Crippen molar-refractivity contribution in [3.8, 4) is 5.69 Å². The third kappa shape index (κ3) is 5.42. The molecular formula is C25H29N3OS. The van der Waals surface area contributed by atoms with E-state index in [0.29, 0.717) is 6.42 Å². The van der Waals surface area contributed by atoms with Crippen molar-refractivity contribution in [2.75, 3.05) is 5.75 Å². The van der Waals surface area contributed by atoms with Gasteiger partial charge in [0.25, 0.3) is 0 Å². The molecule has 0 saturated heterocycles. The Labute approximate surface area is 183 Å². The number of hydrogen-bond donors (Lipinski definition) is 1. The van der Waals surface area contributed by atoms with Crippen LogP contribution in [0.1, 0.15) is 40.1 Å². The molecule has 3 rings (SSSR count). The number of amides is 1. The number of carbonyl (C=O) groups excluding carboxylic acids is 1. The third-order valence-corrected chi connectivity index (χ3v) is 6.09. The van der Waals surface area contributed by atoms with E-state index in [4.69, 9.17) is 0 Å². The molecule has 1 N–H and O–H groups in total. The summed E-state index contributed by atoms with van der Waals surface area (Å²) in [7, 11) is 0. The van der Waals surface area contributed by atoms with E-state index in [1.165, 1.54) is 27.3 Å². The second-order valence-electron chi connectivity index (χ2n) is 7.66. The summed E-state index contributed by atoms with van der Waals surface area (Å²) in [5, 5.41) is 4.18. The Balaban J connectivity index is 1.58. The van der Waals surface area contributed by atoms with Crippen molar-refractivity contribution in [1.29, 1.82) is 0 Å². The van der Waals surface area contributed by atoms with Crippen LogP contribution >= 0.6 is 11.8 Å². The minimum Gasteiger partial charge on any atom is -0.318 e. The number of nitrogens with zero attached hydrogens (tertiary/aromatic N) is 2. The van der Waals surface area contributed by atoms with Crippen LogP contribution in [0.2, 0.25) is 0 Å². The van der Waals surface area contributed by atoms with E-state index in [0.717, 1.165) is 22.7 Å². The number of benzene rings is 2. The van der Waals surface area contributed by atoms with Crippen LogP contribution in [0.25, 0.3) is 5.69 Å². The number of thioether (sulfide) groups is 1. The van der Waals surface area contributed by atoms with Crippen LogP contribution in [0.3, 0.4) is 0 Å². The molecule has 5 heteroatoms. The fraction of sp³-hybridized carbons (Fsp3) is 0.280. The lowest BCUT2D eigenvalue weighted by molar-refractivity contribution is -0.120. The van der Waals surface area contributed by atoms with Gasteiger partial charge in [-0.15, -0.1) is 11.8 Å². The average molecular weight is 420 g/mol. The van der Waals surface area contributed by atoms with E-state index in [1.54, 1.807) is 18.0 Å². The Morgan fingerprint density at radius 2 is 1.70 bits per heavy atom. The van der Waals surface area contributed by atoms with Gasteiger partial charge in [-0.2, -0.15) is 5.10 Å². The maximum Gasteiger partial charge on any atom is 0.240 e. The molecule has 0 radical (unpaired) electrons. The molecule has 0 spiro atoms. The number of hydrazone groups is 1. The highest BCUT2D eigenvalue weighted by Gasteiger charge is 2.11. The summed E-state index contributed by atoms with van der Waals surface area (Å²) in [6.45, 7) is 10.5. The molecule has 0 aliphatic heterocycles. The molecule has 30 heavy (non-hydrogen) atoms. The zero-order chi connectivity index (χ0) is 21.7. The second kappa shape index (κ2) is 9.81. The van der Waals surface area contributed by atoms with Crippen molar-refractivity contribution in [2.24, 2.45) is 5.10 Å². The van der Waals surface area contributed by atoms with E-state index in [-0.39, 0.29) is 5.91 Å². The quantitative estimate of drug-likeness (QED) is 0.305. The summed E-state index contributed by atoms with van der Waals surface area (Å²) >= 11 is 1.68. The fourth-order valence-electron chi connectivity index (χ4n) is 3.47. The summed E-state index contributed by atoms with van der Waals surface area (Å²) in [5.41, 5.74) is 10.8. The molecule has 0 aliphatic carbocycles. The van der Waals surface area contributed by atoms with Crippen molar-refractivity contribution in [1.82, 2.24) is 9.99 Å². The van der Waals surface area contributed by atoms with Gasteiger partial charge in [0.05, 0.1) is 6.21 Å². The predicted octanol–water partition coefficient (Wildman–Crippen LogP) is 5.65. The maximum absolute atomic E-state index is 12.1. The molecule has 1 heterocycles. The van der Waals surface area contributed by atoms with Crippen LogP contribution in [0, 0.1) is 34.6 Å². The Morgan fingerprint density at radius 3 is 2.40 bits per heavy atom.